The minimum absolute atomic E-state index is 0.359. The molecule has 0 spiro atoms. The van der Waals surface area contributed by atoms with Gasteiger partial charge in [-0.1, -0.05) is 24.6 Å². The van der Waals surface area contributed by atoms with E-state index in [0.717, 1.165) is 38.0 Å². The zero-order valence-electron chi connectivity index (χ0n) is 10.6. The molecule has 1 fully saturated rings. The molecule has 0 radical (unpaired) electrons. The van der Waals surface area contributed by atoms with Crippen LogP contribution in [0.5, 0.6) is 0 Å². The highest BCUT2D eigenvalue weighted by atomic mass is 33.1. The predicted molar refractivity (Wildman–Crippen MR) is 75.1 cm³/mol. The van der Waals surface area contributed by atoms with Crippen molar-refractivity contribution in [1.82, 2.24) is 9.80 Å². The monoisotopic (exact) mass is 264 g/mol. The molecule has 0 bridgehead atoms. The first-order valence-electron chi connectivity index (χ1n) is 5.90. The van der Waals surface area contributed by atoms with Crippen molar-refractivity contribution in [3.63, 3.8) is 0 Å². The van der Waals surface area contributed by atoms with E-state index >= 15 is 0 Å². The number of nitrogens with zero attached hydrogens (tertiary/aromatic N) is 2. The molecule has 1 atom stereocenters. The van der Waals surface area contributed by atoms with Gasteiger partial charge < -0.3 is 4.74 Å². The molecule has 1 aliphatic heterocycles. The fraction of sp³-hybridized carbons (Fsp3) is 1.00. The number of thiol groups is 1. The fourth-order valence-electron chi connectivity index (χ4n) is 2.07. The van der Waals surface area contributed by atoms with Gasteiger partial charge >= 0.3 is 0 Å². The molecule has 5 heteroatoms. The first-order chi connectivity index (χ1) is 7.61. The van der Waals surface area contributed by atoms with Gasteiger partial charge in [-0.3, -0.25) is 9.80 Å². The molecule has 0 saturated carbocycles. The fourth-order valence-corrected chi connectivity index (χ4v) is 2.97. The van der Waals surface area contributed by atoms with Crippen LogP contribution in [-0.2, 0) is 4.74 Å². The van der Waals surface area contributed by atoms with Gasteiger partial charge in [0.1, 0.15) is 0 Å². The lowest BCUT2D eigenvalue weighted by Gasteiger charge is -2.35. The Hall–Kier alpha value is 0.580. The SMILES string of the molecule is CC(C)CN1CCO[C@H](CN(C)CSS)C1. The molecule has 1 aliphatic rings. The number of likely N-dealkylation sites (N-methyl/N-ethyl adjacent to an activating group) is 1. The molecular formula is C11H24N2OS2. The molecule has 0 amide bonds. The highest BCUT2D eigenvalue weighted by Crippen LogP contribution is 2.11. The van der Waals surface area contributed by atoms with E-state index < -0.39 is 0 Å². The first kappa shape index (κ1) is 14.6. The summed E-state index contributed by atoms with van der Waals surface area (Å²) < 4.78 is 5.79. The van der Waals surface area contributed by atoms with Crippen molar-refractivity contribution < 1.29 is 4.74 Å². The van der Waals surface area contributed by atoms with E-state index in [1.807, 2.05) is 0 Å². The summed E-state index contributed by atoms with van der Waals surface area (Å²) in [7, 11) is 3.68. The number of ether oxygens (including phenoxy) is 1. The van der Waals surface area contributed by atoms with E-state index in [9.17, 15) is 0 Å². The Morgan fingerprint density at radius 1 is 1.56 bits per heavy atom. The van der Waals surface area contributed by atoms with Crippen LogP contribution in [0, 0.1) is 5.92 Å². The molecule has 0 aromatic heterocycles. The van der Waals surface area contributed by atoms with Gasteiger partial charge in [-0.15, -0.1) is 11.7 Å². The van der Waals surface area contributed by atoms with Crippen LogP contribution < -0.4 is 0 Å². The normalized spacial score (nSPS) is 23.2. The van der Waals surface area contributed by atoms with Crippen LogP contribution in [0.3, 0.4) is 0 Å². The van der Waals surface area contributed by atoms with Gasteiger partial charge in [-0.2, -0.15) is 0 Å². The van der Waals surface area contributed by atoms with Crippen molar-refractivity contribution in [3.05, 3.63) is 0 Å². The molecule has 16 heavy (non-hydrogen) atoms. The van der Waals surface area contributed by atoms with Crippen molar-refractivity contribution in [2.24, 2.45) is 5.92 Å². The predicted octanol–water partition coefficient (Wildman–Crippen LogP) is 1.81. The minimum Gasteiger partial charge on any atom is -0.374 e. The van der Waals surface area contributed by atoms with Crippen molar-refractivity contribution in [2.45, 2.75) is 20.0 Å². The summed E-state index contributed by atoms with van der Waals surface area (Å²) in [6.07, 6.45) is 0.359. The Balaban J connectivity index is 2.27. The molecular weight excluding hydrogens is 240 g/mol. The van der Waals surface area contributed by atoms with Gasteiger partial charge in [0.2, 0.25) is 0 Å². The second-order valence-electron chi connectivity index (χ2n) is 4.94. The average molecular weight is 264 g/mol. The third-order valence-corrected chi connectivity index (χ3v) is 3.54. The Labute approximate surface area is 109 Å². The van der Waals surface area contributed by atoms with E-state index in [1.165, 1.54) is 6.54 Å². The first-order valence-corrected chi connectivity index (χ1v) is 7.94. The highest BCUT2D eigenvalue weighted by Gasteiger charge is 2.21. The topological polar surface area (TPSA) is 15.7 Å². The maximum atomic E-state index is 5.79. The summed E-state index contributed by atoms with van der Waals surface area (Å²) in [5, 5.41) is 0. The van der Waals surface area contributed by atoms with Crippen LogP contribution in [0.1, 0.15) is 13.8 Å². The van der Waals surface area contributed by atoms with E-state index in [1.54, 1.807) is 10.8 Å². The number of rotatable bonds is 6. The quantitative estimate of drug-likeness (QED) is 0.447. The molecule has 96 valence electrons. The van der Waals surface area contributed by atoms with Crippen LogP contribution >= 0.6 is 22.5 Å². The van der Waals surface area contributed by atoms with Crippen LogP contribution in [0.25, 0.3) is 0 Å². The van der Waals surface area contributed by atoms with Crippen molar-refractivity contribution in [2.75, 3.05) is 45.7 Å². The lowest BCUT2D eigenvalue weighted by Crippen LogP contribution is -2.47. The van der Waals surface area contributed by atoms with Crippen molar-refractivity contribution in [1.29, 1.82) is 0 Å². The standard InChI is InChI=1S/C11H24N2OS2/c1-10(2)6-13-4-5-14-11(8-13)7-12(3)9-16-15/h10-11,15H,4-9H2,1-3H3/t11-/m1/s1. The number of hydrogen-bond acceptors (Lipinski definition) is 5. The minimum atomic E-state index is 0.359. The van der Waals surface area contributed by atoms with E-state index in [2.05, 4.69) is 42.4 Å². The maximum Gasteiger partial charge on any atom is 0.0829 e. The van der Waals surface area contributed by atoms with Gasteiger partial charge in [-0.25, -0.2) is 0 Å². The molecule has 1 saturated heterocycles. The van der Waals surface area contributed by atoms with Crippen LogP contribution in [0.2, 0.25) is 0 Å². The Bertz CT molecular complexity index is 193. The summed E-state index contributed by atoms with van der Waals surface area (Å²) in [4.78, 5) is 4.78. The smallest absolute Gasteiger partial charge is 0.0829 e. The van der Waals surface area contributed by atoms with Gasteiger partial charge in [0, 0.05) is 26.2 Å². The maximum absolute atomic E-state index is 5.79. The molecule has 0 N–H and O–H groups in total. The summed E-state index contributed by atoms with van der Waals surface area (Å²) in [5.74, 6) is 1.69. The Morgan fingerprint density at radius 2 is 2.31 bits per heavy atom. The summed E-state index contributed by atoms with van der Waals surface area (Å²) in [5.41, 5.74) is 0. The van der Waals surface area contributed by atoms with Crippen LogP contribution in [-0.4, -0.2) is 61.6 Å². The summed E-state index contributed by atoms with van der Waals surface area (Å²) >= 11 is 4.16. The van der Waals surface area contributed by atoms with Gasteiger partial charge in [0.05, 0.1) is 18.6 Å². The van der Waals surface area contributed by atoms with E-state index in [4.69, 9.17) is 4.74 Å². The summed E-state index contributed by atoms with van der Waals surface area (Å²) in [6.45, 7) is 9.76. The van der Waals surface area contributed by atoms with Crippen molar-refractivity contribution >= 4 is 22.5 Å². The highest BCUT2D eigenvalue weighted by molar-refractivity contribution is 8.68. The largest absolute Gasteiger partial charge is 0.374 e. The molecule has 1 rings (SSSR count). The van der Waals surface area contributed by atoms with Gasteiger partial charge in [0.25, 0.3) is 0 Å². The Kier molecular flexibility index (Phi) is 7.16. The molecule has 0 aromatic rings. The van der Waals surface area contributed by atoms with Gasteiger partial charge in [0.15, 0.2) is 0 Å². The van der Waals surface area contributed by atoms with Crippen LogP contribution in [0.4, 0.5) is 0 Å². The number of morpholine rings is 1. The lowest BCUT2D eigenvalue weighted by atomic mass is 10.2. The zero-order valence-corrected chi connectivity index (χ0v) is 12.3. The molecule has 3 nitrogen and oxygen atoms in total. The average Bonchev–Trinajstić information content (AvgIpc) is 2.17. The van der Waals surface area contributed by atoms with E-state index in [0.29, 0.717) is 6.10 Å². The number of hydrogen-bond donors (Lipinski definition) is 1. The molecule has 0 aliphatic carbocycles. The van der Waals surface area contributed by atoms with E-state index in [-0.39, 0.29) is 0 Å². The third kappa shape index (κ3) is 5.77. The Morgan fingerprint density at radius 3 is 2.94 bits per heavy atom. The molecule has 0 aromatic carbocycles. The second-order valence-corrected chi connectivity index (χ2v) is 6.23. The third-order valence-electron chi connectivity index (χ3n) is 2.64. The van der Waals surface area contributed by atoms with Gasteiger partial charge in [-0.05, 0) is 13.0 Å². The second kappa shape index (κ2) is 7.82. The van der Waals surface area contributed by atoms with Crippen LogP contribution in [0.15, 0.2) is 0 Å². The van der Waals surface area contributed by atoms with Crippen molar-refractivity contribution in [3.8, 4) is 0 Å². The molecule has 1 heterocycles. The summed E-state index contributed by atoms with van der Waals surface area (Å²) in [6, 6.07) is 0. The lowest BCUT2D eigenvalue weighted by molar-refractivity contribution is -0.0414. The molecule has 0 unspecified atom stereocenters. The zero-order chi connectivity index (χ0) is 12.0.